The molecule has 0 N–H and O–H groups in total. The van der Waals surface area contributed by atoms with Gasteiger partial charge in [-0.2, -0.15) is 0 Å². The molecule has 0 aliphatic rings. The summed E-state index contributed by atoms with van der Waals surface area (Å²) in [5.41, 5.74) is 11.3. The Hall–Kier alpha value is -4.24. The van der Waals surface area contributed by atoms with E-state index in [0.29, 0.717) is 0 Å². The average Bonchev–Trinajstić information content (AvgIpc) is 2.99. The molecule has 0 fully saturated rings. The Labute approximate surface area is 250 Å². The smallest absolute Gasteiger partial charge is 0.0183 e. The molecule has 6 aromatic rings. The van der Waals surface area contributed by atoms with Crippen LogP contribution in [0.25, 0.3) is 45.0 Å². The zero-order valence-corrected chi connectivity index (χ0v) is 25.0. The van der Waals surface area contributed by atoms with Crippen LogP contribution in [0.3, 0.4) is 0 Å². The molecule has 0 atom stereocenters. The average molecular weight is 695 g/mol. The van der Waals surface area contributed by atoms with Crippen molar-refractivity contribution in [2.75, 3.05) is 0 Å². The van der Waals surface area contributed by atoms with Gasteiger partial charge in [-0.1, -0.05) is 74.4 Å². The van der Waals surface area contributed by atoms with Gasteiger partial charge in [0.2, 0.25) is 0 Å². The largest absolute Gasteiger partial charge is 0.335 e. The maximum atomic E-state index is 4.86. The second kappa shape index (κ2) is 13.7. The number of rotatable bonds is 4. The first-order chi connectivity index (χ1) is 19.1. The third-order valence-corrected chi connectivity index (χ3v) is 6.25. The fourth-order valence-corrected chi connectivity index (χ4v) is 4.07. The second-order valence-electron chi connectivity index (χ2n) is 9.33. The zero-order chi connectivity index (χ0) is 27.0. The molecule has 3 aromatic carbocycles. The Morgan fingerprint density at radius 2 is 1.02 bits per heavy atom. The van der Waals surface area contributed by atoms with Crippen LogP contribution in [0.1, 0.15) is 16.7 Å². The van der Waals surface area contributed by atoms with Crippen molar-refractivity contribution in [1.29, 1.82) is 0 Å². The molecule has 40 heavy (non-hydrogen) atoms. The number of hydrogen-bond donors (Lipinski definition) is 0. The minimum Gasteiger partial charge on any atom is -0.335 e. The number of benzene rings is 3. The van der Waals surface area contributed by atoms with E-state index in [0.717, 1.165) is 50.6 Å². The van der Waals surface area contributed by atoms with E-state index < -0.39 is 0 Å². The summed E-state index contributed by atoms with van der Waals surface area (Å²) in [5.74, 6) is 0. The summed E-state index contributed by atoms with van der Waals surface area (Å²) in [4.78, 5) is 13.5. The van der Waals surface area contributed by atoms with Gasteiger partial charge in [-0.05, 0) is 29.2 Å². The molecule has 6 rings (SSSR count). The quantitative estimate of drug-likeness (QED) is 0.174. The Kier molecular flexibility index (Phi) is 9.86. The van der Waals surface area contributed by atoms with E-state index in [1.54, 1.807) is 12.4 Å². The molecule has 1 radical (unpaired) electrons. The molecule has 0 bridgehead atoms. The number of nitrogens with zero attached hydrogens (tertiary/aromatic N) is 3. The predicted molar refractivity (Wildman–Crippen MR) is 159 cm³/mol. The number of aryl methyl sites for hydroxylation is 3. The van der Waals surface area contributed by atoms with Gasteiger partial charge in [0, 0.05) is 38.2 Å². The molecule has 0 spiro atoms. The summed E-state index contributed by atoms with van der Waals surface area (Å²) < 4.78 is 0. The van der Waals surface area contributed by atoms with Gasteiger partial charge in [0.05, 0.1) is 0 Å². The van der Waals surface area contributed by atoms with E-state index in [4.69, 9.17) is 4.98 Å². The molecule has 0 saturated carbocycles. The third kappa shape index (κ3) is 7.24. The SMILES string of the molecule is Cc1c[c-]c(-c2cccc(-c3[c-]c(-c4ccccn4)ccc3C)n2)cc1.Cc1c[c-]c(-c2ccccn2)cc1.[Ir]. The Balaban J connectivity index is 0.000000223. The van der Waals surface area contributed by atoms with Gasteiger partial charge >= 0.3 is 0 Å². The van der Waals surface area contributed by atoms with Crippen LogP contribution in [-0.4, -0.2) is 15.0 Å². The first-order valence-corrected chi connectivity index (χ1v) is 12.9. The molecule has 0 saturated heterocycles. The van der Waals surface area contributed by atoms with Gasteiger partial charge in [-0.25, -0.2) is 0 Å². The molecule has 0 unspecified atom stereocenters. The summed E-state index contributed by atoms with van der Waals surface area (Å²) >= 11 is 0. The van der Waals surface area contributed by atoms with Gasteiger partial charge in [0.15, 0.2) is 0 Å². The van der Waals surface area contributed by atoms with Crippen molar-refractivity contribution in [3.63, 3.8) is 0 Å². The van der Waals surface area contributed by atoms with Crippen LogP contribution in [0, 0.1) is 39.0 Å². The van der Waals surface area contributed by atoms with Crippen LogP contribution in [0.15, 0.2) is 116 Å². The van der Waals surface area contributed by atoms with Crippen LogP contribution in [0.2, 0.25) is 0 Å². The van der Waals surface area contributed by atoms with Crippen molar-refractivity contribution in [2.24, 2.45) is 0 Å². The van der Waals surface area contributed by atoms with Gasteiger partial charge in [-0.3, -0.25) is 4.98 Å². The molecule has 3 nitrogen and oxygen atoms in total. The fourth-order valence-electron chi connectivity index (χ4n) is 4.07. The van der Waals surface area contributed by atoms with Crippen molar-refractivity contribution in [3.8, 4) is 45.0 Å². The maximum absolute atomic E-state index is 4.86. The Bertz CT molecular complexity index is 1650. The van der Waals surface area contributed by atoms with Crippen molar-refractivity contribution in [2.45, 2.75) is 20.8 Å². The molecular formula is C36H28IrN3-3. The van der Waals surface area contributed by atoms with E-state index in [2.05, 4.69) is 79.3 Å². The van der Waals surface area contributed by atoms with E-state index in [-0.39, 0.29) is 20.1 Å². The van der Waals surface area contributed by atoms with Gasteiger partial charge < -0.3 is 9.97 Å². The molecule has 0 aliphatic carbocycles. The maximum Gasteiger partial charge on any atom is 0.0183 e. The van der Waals surface area contributed by atoms with E-state index in [9.17, 15) is 0 Å². The number of aromatic nitrogens is 3. The molecular weight excluding hydrogens is 667 g/mol. The minimum atomic E-state index is 0. The van der Waals surface area contributed by atoms with E-state index in [1.165, 1.54) is 11.1 Å². The molecule has 0 aliphatic heterocycles. The van der Waals surface area contributed by atoms with Crippen LogP contribution in [-0.2, 0) is 20.1 Å². The topological polar surface area (TPSA) is 38.7 Å². The summed E-state index contributed by atoms with van der Waals surface area (Å²) in [6.45, 7) is 6.20. The standard InChI is InChI=1S/C24H18N2.C12H10N.Ir/c1-17-9-12-19(13-10-17)23-7-5-8-24(26-23)21-16-20(14-11-18(21)2)22-6-3-4-15-25-22;1-10-5-7-11(8-6-10)12-4-2-3-9-13-12;/h3-12,14-15H,1-2H3;2-7,9H,1H3;/q-2;-1;. The first kappa shape index (κ1) is 28.8. The fraction of sp³-hybridized carbons (Fsp3) is 0.0833. The summed E-state index contributed by atoms with van der Waals surface area (Å²) in [5, 5.41) is 0. The van der Waals surface area contributed by atoms with Crippen molar-refractivity contribution >= 4 is 0 Å². The van der Waals surface area contributed by atoms with Crippen molar-refractivity contribution < 1.29 is 20.1 Å². The summed E-state index contributed by atoms with van der Waals surface area (Å²) in [6.07, 6.45) is 3.60. The van der Waals surface area contributed by atoms with Crippen LogP contribution in [0.4, 0.5) is 0 Å². The molecule has 4 heteroatoms. The predicted octanol–water partition coefficient (Wildman–Crippen LogP) is 8.55. The summed E-state index contributed by atoms with van der Waals surface area (Å²) in [6, 6.07) is 44.2. The normalized spacial score (nSPS) is 10.2. The van der Waals surface area contributed by atoms with E-state index in [1.807, 2.05) is 72.8 Å². The Morgan fingerprint density at radius 1 is 0.500 bits per heavy atom. The molecule has 3 heterocycles. The van der Waals surface area contributed by atoms with E-state index >= 15 is 0 Å². The number of hydrogen-bond acceptors (Lipinski definition) is 3. The molecule has 0 amide bonds. The van der Waals surface area contributed by atoms with Crippen LogP contribution in [0.5, 0.6) is 0 Å². The Morgan fingerprint density at radius 3 is 1.57 bits per heavy atom. The first-order valence-electron chi connectivity index (χ1n) is 12.9. The zero-order valence-electron chi connectivity index (χ0n) is 22.6. The number of pyridine rings is 3. The second-order valence-corrected chi connectivity index (χ2v) is 9.33. The van der Waals surface area contributed by atoms with Crippen molar-refractivity contribution in [3.05, 3.63) is 150 Å². The van der Waals surface area contributed by atoms with Gasteiger partial charge in [-0.15, -0.1) is 94.5 Å². The minimum absolute atomic E-state index is 0. The van der Waals surface area contributed by atoms with Crippen LogP contribution < -0.4 is 0 Å². The van der Waals surface area contributed by atoms with Crippen LogP contribution >= 0.6 is 0 Å². The van der Waals surface area contributed by atoms with Crippen molar-refractivity contribution in [1.82, 2.24) is 15.0 Å². The van der Waals surface area contributed by atoms with Gasteiger partial charge in [0.25, 0.3) is 0 Å². The monoisotopic (exact) mass is 695 g/mol. The molecule has 199 valence electrons. The summed E-state index contributed by atoms with van der Waals surface area (Å²) in [7, 11) is 0. The molecule has 3 aromatic heterocycles. The third-order valence-electron chi connectivity index (χ3n) is 6.25. The van der Waals surface area contributed by atoms with Gasteiger partial charge in [0.1, 0.15) is 0 Å².